The summed E-state index contributed by atoms with van der Waals surface area (Å²) in [5.74, 6) is 0.380. The third-order valence-electron chi connectivity index (χ3n) is 5.99. The second-order valence-corrected chi connectivity index (χ2v) is 8.26. The fourth-order valence-corrected chi connectivity index (χ4v) is 4.22. The van der Waals surface area contributed by atoms with Gasteiger partial charge in [-0.2, -0.15) is 0 Å². The average molecular weight is 399 g/mol. The number of carbonyl (C=O) groups excluding carboxylic acids is 1. The summed E-state index contributed by atoms with van der Waals surface area (Å²) < 4.78 is 0. The molecule has 0 aromatic heterocycles. The van der Waals surface area contributed by atoms with Crippen molar-refractivity contribution in [1.82, 2.24) is 4.90 Å². The van der Waals surface area contributed by atoms with Crippen LogP contribution in [0.3, 0.4) is 0 Å². The van der Waals surface area contributed by atoms with Crippen molar-refractivity contribution in [3.05, 3.63) is 102 Å². The number of hydrogen-bond donors (Lipinski definition) is 0. The van der Waals surface area contributed by atoms with Crippen LogP contribution in [-0.4, -0.2) is 23.9 Å². The molecule has 3 nitrogen and oxygen atoms in total. The lowest BCUT2D eigenvalue weighted by molar-refractivity contribution is -0.137. The van der Waals surface area contributed by atoms with Crippen molar-refractivity contribution in [3.63, 3.8) is 0 Å². The summed E-state index contributed by atoms with van der Waals surface area (Å²) in [7, 11) is 0. The fourth-order valence-electron chi connectivity index (χ4n) is 4.22. The number of amides is 1. The van der Waals surface area contributed by atoms with E-state index < -0.39 is 0 Å². The van der Waals surface area contributed by atoms with Gasteiger partial charge in [-0.3, -0.25) is 4.79 Å². The molecule has 3 aromatic carbocycles. The van der Waals surface area contributed by atoms with Gasteiger partial charge in [-0.1, -0.05) is 78.4 Å². The highest BCUT2D eigenvalue weighted by Gasteiger charge is 2.29. The van der Waals surface area contributed by atoms with Gasteiger partial charge in [0.1, 0.15) is 0 Å². The Morgan fingerprint density at radius 1 is 0.800 bits per heavy atom. The summed E-state index contributed by atoms with van der Waals surface area (Å²) in [6, 6.07) is 29.3. The van der Waals surface area contributed by atoms with Crippen molar-refractivity contribution in [3.8, 4) is 0 Å². The maximum atomic E-state index is 13.5. The third-order valence-corrected chi connectivity index (χ3v) is 5.99. The van der Waals surface area contributed by atoms with Crippen LogP contribution in [0.2, 0.25) is 0 Å². The molecule has 1 saturated heterocycles. The van der Waals surface area contributed by atoms with Crippen molar-refractivity contribution in [2.24, 2.45) is 5.92 Å². The maximum Gasteiger partial charge on any atom is 0.226 e. The minimum absolute atomic E-state index is 0.0964. The van der Waals surface area contributed by atoms with E-state index in [1.165, 1.54) is 22.4 Å². The lowest BCUT2D eigenvalue weighted by atomic mass is 9.94. The molecule has 1 amide bonds. The Kier molecular flexibility index (Phi) is 6.48. The molecule has 0 spiro atoms. The van der Waals surface area contributed by atoms with Crippen molar-refractivity contribution in [2.75, 3.05) is 18.0 Å². The minimum atomic E-state index is 0.0964. The summed E-state index contributed by atoms with van der Waals surface area (Å²) >= 11 is 0. The van der Waals surface area contributed by atoms with E-state index in [1.54, 1.807) is 0 Å². The van der Waals surface area contributed by atoms with Crippen molar-refractivity contribution >= 4 is 11.6 Å². The molecule has 0 bridgehead atoms. The Morgan fingerprint density at radius 2 is 1.30 bits per heavy atom. The number of benzene rings is 3. The van der Waals surface area contributed by atoms with Gasteiger partial charge in [-0.15, -0.1) is 0 Å². The van der Waals surface area contributed by atoms with Crippen LogP contribution in [0.25, 0.3) is 0 Å². The van der Waals surface area contributed by atoms with Gasteiger partial charge in [0.15, 0.2) is 0 Å². The summed E-state index contributed by atoms with van der Waals surface area (Å²) in [5, 5.41) is 0. The highest BCUT2D eigenvalue weighted by atomic mass is 16.2. The van der Waals surface area contributed by atoms with Gasteiger partial charge in [0.05, 0.1) is 0 Å². The summed E-state index contributed by atoms with van der Waals surface area (Å²) in [6.45, 7) is 5.30. The molecule has 0 radical (unpaired) electrons. The standard InChI is InChI=1S/C27H30N2O/c1-22-12-14-26(15-13-22)28-18-16-25(17-19-28)27(30)29(20-23-8-4-2-5-9-23)21-24-10-6-3-7-11-24/h2-15,25H,16-21H2,1H3. The van der Waals surface area contributed by atoms with E-state index in [0.717, 1.165) is 25.9 Å². The van der Waals surface area contributed by atoms with Gasteiger partial charge in [-0.25, -0.2) is 0 Å². The molecule has 0 unspecified atom stereocenters. The van der Waals surface area contributed by atoms with E-state index >= 15 is 0 Å². The first-order valence-electron chi connectivity index (χ1n) is 10.9. The molecule has 0 N–H and O–H groups in total. The molecule has 0 saturated carbocycles. The quantitative estimate of drug-likeness (QED) is 0.552. The molecule has 1 fully saturated rings. The van der Waals surface area contributed by atoms with Crippen LogP contribution in [0.15, 0.2) is 84.9 Å². The predicted octanol–water partition coefficient (Wildman–Crippen LogP) is 5.44. The zero-order chi connectivity index (χ0) is 20.8. The number of anilines is 1. The Hall–Kier alpha value is -3.07. The SMILES string of the molecule is Cc1ccc(N2CCC(C(=O)N(Cc3ccccc3)Cc3ccccc3)CC2)cc1. The first-order chi connectivity index (χ1) is 14.7. The maximum absolute atomic E-state index is 13.5. The molecular formula is C27H30N2O. The largest absolute Gasteiger partial charge is 0.371 e. The van der Waals surface area contributed by atoms with Crippen LogP contribution in [0.5, 0.6) is 0 Å². The van der Waals surface area contributed by atoms with E-state index in [9.17, 15) is 4.79 Å². The molecule has 4 rings (SSSR count). The normalized spacial score (nSPS) is 14.5. The Labute approximate surface area is 180 Å². The van der Waals surface area contributed by atoms with Crippen LogP contribution in [0, 0.1) is 12.8 Å². The summed E-state index contributed by atoms with van der Waals surface area (Å²) in [6.07, 6.45) is 1.82. The van der Waals surface area contributed by atoms with Crippen LogP contribution in [0.4, 0.5) is 5.69 Å². The number of rotatable bonds is 6. The molecule has 0 atom stereocenters. The van der Waals surface area contributed by atoms with Crippen molar-refractivity contribution in [1.29, 1.82) is 0 Å². The Morgan fingerprint density at radius 3 is 1.80 bits per heavy atom. The number of aryl methyl sites for hydroxylation is 1. The smallest absolute Gasteiger partial charge is 0.226 e. The van der Waals surface area contributed by atoms with Crippen molar-refractivity contribution < 1.29 is 4.79 Å². The predicted molar refractivity (Wildman–Crippen MR) is 123 cm³/mol. The fraction of sp³-hybridized carbons (Fsp3) is 0.296. The lowest BCUT2D eigenvalue weighted by Gasteiger charge is -2.35. The summed E-state index contributed by atoms with van der Waals surface area (Å²) in [4.78, 5) is 17.9. The van der Waals surface area contributed by atoms with E-state index in [-0.39, 0.29) is 11.8 Å². The molecular weight excluding hydrogens is 368 g/mol. The number of nitrogens with zero attached hydrogens (tertiary/aromatic N) is 2. The molecule has 1 heterocycles. The van der Waals surface area contributed by atoms with E-state index in [4.69, 9.17) is 0 Å². The van der Waals surface area contributed by atoms with Gasteiger partial charge >= 0.3 is 0 Å². The van der Waals surface area contributed by atoms with Gasteiger partial charge < -0.3 is 9.80 Å². The van der Waals surface area contributed by atoms with Crippen LogP contribution in [0.1, 0.15) is 29.5 Å². The summed E-state index contributed by atoms with van der Waals surface area (Å²) in [5.41, 5.74) is 4.90. The molecule has 154 valence electrons. The molecule has 1 aliphatic heterocycles. The molecule has 3 aromatic rings. The number of hydrogen-bond acceptors (Lipinski definition) is 2. The second-order valence-electron chi connectivity index (χ2n) is 8.26. The molecule has 3 heteroatoms. The van der Waals surface area contributed by atoms with Gasteiger partial charge in [0.2, 0.25) is 5.91 Å². The van der Waals surface area contributed by atoms with E-state index in [2.05, 4.69) is 60.4 Å². The first-order valence-corrected chi connectivity index (χ1v) is 10.9. The van der Waals surface area contributed by atoms with Gasteiger partial charge in [0.25, 0.3) is 0 Å². The first kappa shape index (κ1) is 20.2. The highest BCUT2D eigenvalue weighted by Crippen LogP contribution is 2.26. The second kappa shape index (κ2) is 9.62. The topological polar surface area (TPSA) is 23.6 Å². The monoisotopic (exact) mass is 398 g/mol. The molecule has 0 aliphatic carbocycles. The average Bonchev–Trinajstić information content (AvgIpc) is 2.80. The minimum Gasteiger partial charge on any atom is -0.371 e. The molecule has 30 heavy (non-hydrogen) atoms. The van der Waals surface area contributed by atoms with Crippen LogP contribution < -0.4 is 4.90 Å². The Bertz CT molecular complexity index is 888. The van der Waals surface area contributed by atoms with Gasteiger partial charge in [-0.05, 0) is 43.0 Å². The number of carbonyl (C=O) groups is 1. The zero-order valence-corrected chi connectivity index (χ0v) is 17.7. The number of piperidine rings is 1. The Balaban J connectivity index is 1.44. The van der Waals surface area contributed by atoms with E-state index in [0.29, 0.717) is 13.1 Å². The third kappa shape index (κ3) is 5.10. The lowest BCUT2D eigenvalue weighted by Crippen LogP contribution is -2.42. The van der Waals surface area contributed by atoms with Crippen molar-refractivity contribution in [2.45, 2.75) is 32.9 Å². The molecule has 1 aliphatic rings. The van der Waals surface area contributed by atoms with Crippen LogP contribution >= 0.6 is 0 Å². The van der Waals surface area contributed by atoms with Gasteiger partial charge in [0, 0.05) is 37.8 Å². The van der Waals surface area contributed by atoms with Crippen LogP contribution in [-0.2, 0) is 17.9 Å². The van der Waals surface area contributed by atoms with E-state index in [1.807, 2.05) is 41.3 Å². The highest BCUT2D eigenvalue weighted by molar-refractivity contribution is 5.79. The zero-order valence-electron chi connectivity index (χ0n) is 17.7.